The van der Waals surface area contributed by atoms with E-state index in [9.17, 15) is 13.6 Å². The summed E-state index contributed by atoms with van der Waals surface area (Å²) in [5.74, 6) is -1.38. The molecule has 0 aromatic carbocycles. The van der Waals surface area contributed by atoms with Gasteiger partial charge in [-0.2, -0.15) is 4.52 Å². The maximum Gasteiger partial charge on any atom is 0.323 e. The molecule has 0 spiro atoms. The Morgan fingerprint density at radius 3 is 2.83 bits per heavy atom. The van der Waals surface area contributed by atoms with Crippen LogP contribution in [0.15, 0.2) is 12.1 Å². The number of anilines is 1. The fourth-order valence-corrected chi connectivity index (χ4v) is 1.42. The van der Waals surface area contributed by atoms with E-state index in [-0.39, 0.29) is 18.0 Å². The first kappa shape index (κ1) is 12.1. The summed E-state index contributed by atoms with van der Waals surface area (Å²) < 4.78 is 26.1. The number of carbonyl (C=O) groups is 1. The molecule has 0 saturated carbocycles. The second kappa shape index (κ2) is 4.51. The molecule has 7 nitrogen and oxygen atoms in total. The Kier molecular flexibility index (Phi) is 3.04. The number of alkyl halides is 2. The molecule has 2 aromatic heterocycles. The summed E-state index contributed by atoms with van der Waals surface area (Å²) in [6.07, 6.45) is -2.80. The lowest BCUT2D eigenvalue weighted by atomic mass is 10.4. The third-order valence-corrected chi connectivity index (χ3v) is 2.23. The number of rotatable bonds is 4. The first-order chi connectivity index (χ1) is 8.49. The third kappa shape index (κ3) is 2.19. The molecule has 18 heavy (non-hydrogen) atoms. The van der Waals surface area contributed by atoms with Crippen LogP contribution in [0.2, 0.25) is 0 Å². The van der Waals surface area contributed by atoms with Crippen LogP contribution in [0.1, 0.15) is 12.2 Å². The summed E-state index contributed by atoms with van der Waals surface area (Å²) in [5.41, 5.74) is 0.178. The lowest BCUT2D eigenvalue weighted by Crippen LogP contribution is -2.26. The van der Waals surface area contributed by atoms with Crippen molar-refractivity contribution >= 4 is 17.4 Å². The van der Waals surface area contributed by atoms with Crippen LogP contribution in [-0.4, -0.2) is 44.5 Å². The van der Waals surface area contributed by atoms with Crippen LogP contribution in [0, 0.1) is 0 Å². The molecule has 96 valence electrons. The van der Waals surface area contributed by atoms with E-state index in [0.717, 1.165) is 4.52 Å². The van der Waals surface area contributed by atoms with Gasteiger partial charge in [0.1, 0.15) is 12.4 Å². The van der Waals surface area contributed by atoms with Crippen LogP contribution in [0.3, 0.4) is 0 Å². The fourth-order valence-electron chi connectivity index (χ4n) is 1.42. The van der Waals surface area contributed by atoms with Crippen LogP contribution in [0.25, 0.3) is 5.65 Å². The third-order valence-electron chi connectivity index (χ3n) is 2.23. The topological polar surface area (TPSA) is 83.6 Å². The Morgan fingerprint density at radius 2 is 2.22 bits per heavy atom. The zero-order chi connectivity index (χ0) is 13.3. The molecule has 0 aliphatic heterocycles. The number of aliphatic carboxylic acids is 1. The SMILES string of the molecule is CN(CC(=O)O)c1ccc2nnc(C(F)F)n2n1. The van der Waals surface area contributed by atoms with Gasteiger partial charge in [0.05, 0.1) is 0 Å². The predicted molar refractivity (Wildman–Crippen MR) is 56.6 cm³/mol. The minimum atomic E-state index is -2.80. The maximum absolute atomic E-state index is 12.6. The molecule has 2 heterocycles. The largest absolute Gasteiger partial charge is 0.480 e. The average Bonchev–Trinajstić information content (AvgIpc) is 2.70. The molecule has 0 aliphatic carbocycles. The number of hydrogen-bond acceptors (Lipinski definition) is 5. The van der Waals surface area contributed by atoms with Crippen molar-refractivity contribution in [3.05, 3.63) is 18.0 Å². The molecule has 0 aliphatic rings. The van der Waals surface area contributed by atoms with Crippen molar-refractivity contribution < 1.29 is 18.7 Å². The van der Waals surface area contributed by atoms with E-state index in [2.05, 4.69) is 15.3 Å². The van der Waals surface area contributed by atoms with Crippen LogP contribution >= 0.6 is 0 Å². The Morgan fingerprint density at radius 1 is 1.50 bits per heavy atom. The van der Waals surface area contributed by atoms with Crippen LogP contribution in [0.5, 0.6) is 0 Å². The molecule has 0 saturated heterocycles. The summed E-state index contributed by atoms with van der Waals surface area (Å²) in [6, 6.07) is 2.93. The van der Waals surface area contributed by atoms with Crippen molar-refractivity contribution in [2.75, 3.05) is 18.5 Å². The molecule has 0 atom stereocenters. The molecule has 2 rings (SSSR count). The second-order valence-electron chi connectivity index (χ2n) is 3.57. The maximum atomic E-state index is 12.6. The van der Waals surface area contributed by atoms with Crippen molar-refractivity contribution in [2.24, 2.45) is 0 Å². The van der Waals surface area contributed by atoms with E-state index < -0.39 is 18.2 Å². The van der Waals surface area contributed by atoms with Gasteiger partial charge < -0.3 is 10.0 Å². The second-order valence-corrected chi connectivity index (χ2v) is 3.57. The number of halogens is 2. The molecule has 9 heteroatoms. The van der Waals surface area contributed by atoms with Gasteiger partial charge in [-0.1, -0.05) is 0 Å². The zero-order valence-electron chi connectivity index (χ0n) is 9.29. The van der Waals surface area contributed by atoms with Gasteiger partial charge in [-0.25, -0.2) is 8.78 Å². The number of likely N-dealkylation sites (N-methyl/N-ethyl adjacent to an activating group) is 1. The van der Waals surface area contributed by atoms with E-state index in [1.807, 2.05) is 0 Å². The summed E-state index contributed by atoms with van der Waals surface area (Å²) in [6.45, 7) is -0.287. The zero-order valence-corrected chi connectivity index (χ0v) is 9.29. The molecule has 0 bridgehead atoms. The van der Waals surface area contributed by atoms with Gasteiger partial charge in [0.2, 0.25) is 5.82 Å². The normalized spacial score (nSPS) is 11.1. The number of hydrogen-bond donors (Lipinski definition) is 1. The quantitative estimate of drug-likeness (QED) is 0.862. The lowest BCUT2D eigenvalue weighted by Gasteiger charge is -2.15. The van der Waals surface area contributed by atoms with Gasteiger partial charge in [-0.05, 0) is 12.1 Å². The summed E-state index contributed by atoms with van der Waals surface area (Å²) in [4.78, 5) is 11.9. The van der Waals surface area contributed by atoms with E-state index in [1.165, 1.54) is 24.1 Å². The van der Waals surface area contributed by atoms with Gasteiger partial charge in [0, 0.05) is 7.05 Å². The van der Waals surface area contributed by atoms with E-state index in [1.54, 1.807) is 0 Å². The van der Waals surface area contributed by atoms with Crippen molar-refractivity contribution in [1.82, 2.24) is 19.8 Å². The first-order valence-electron chi connectivity index (χ1n) is 4.92. The molecule has 0 radical (unpaired) electrons. The standard InChI is InChI=1S/C9H9F2N5O2/c1-15(4-7(17)18)6-3-2-5-12-13-9(8(10)11)16(5)14-6/h2-3,8H,4H2,1H3,(H,17,18). The van der Waals surface area contributed by atoms with Crippen LogP contribution < -0.4 is 4.90 Å². The van der Waals surface area contributed by atoms with Crippen molar-refractivity contribution in [1.29, 1.82) is 0 Å². The van der Waals surface area contributed by atoms with Gasteiger partial charge in [0.15, 0.2) is 5.65 Å². The Labute approximate surface area is 99.7 Å². The fraction of sp³-hybridized carbons (Fsp3) is 0.333. The highest BCUT2D eigenvalue weighted by Gasteiger charge is 2.18. The summed E-state index contributed by atoms with van der Waals surface area (Å²) in [7, 11) is 1.49. The Bertz CT molecular complexity index is 585. The smallest absolute Gasteiger partial charge is 0.323 e. The van der Waals surface area contributed by atoms with Gasteiger partial charge in [-0.15, -0.1) is 15.3 Å². The highest BCUT2D eigenvalue weighted by molar-refractivity contribution is 5.72. The van der Waals surface area contributed by atoms with Crippen molar-refractivity contribution in [3.63, 3.8) is 0 Å². The average molecular weight is 257 g/mol. The minimum absolute atomic E-state index is 0.178. The van der Waals surface area contributed by atoms with E-state index >= 15 is 0 Å². The Hall–Kier alpha value is -2.32. The van der Waals surface area contributed by atoms with Crippen molar-refractivity contribution in [3.8, 4) is 0 Å². The molecule has 0 unspecified atom stereocenters. The first-order valence-corrected chi connectivity index (χ1v) is 4.92. The molecule has 0 fully saturated rings. The molecule has 1 N–H and O–H groups in total. The van der Waals surface area contributed by atoms with Gasteiger partial charge >= 0.3 is 5.97 Å². The number of aromatic nitrogens is 4. The monoisotopic (exact) mass is 257 g/mol. The van der Waals surface area contributed by atoms with Crippen LogP contribution in [0.4, 0.5) is 14.6 Å². The van der Waals surface area contributed by atoms with Crippen molar-refractivity contribution in [2.45, 2.75) is 6.43 Å². The molecular formula is C9H9F2N5O2. The highest BCUT2D eigenvalue weighted by atomic mass is 19.3. The number of fused-ring (bicyclic) bond motifs is 1. The summed E-state index contributed by atoms with van der Waals surface area (Å²) >= 11 is 0. The van der Waals surface area contributed by atoms with Crippen LogP contribution in [-0.2, 0) is 4.79 Å². The Balaban J connectivity index is 2.42. The molecular weight excluding hydrogens is 248 g/mol. The summed E-state index contributed by atoms with van der Waals surface area (Å²) in [5, 5.41) is 19.4. The molecule has 0 amide bonds. The highest BCUT2D eigenvalue weighted by Crippen LogP contribution is 2.18. The number of carboxylic acid groups (broad SMARTS) is 1. The predicted octanol–water partition coefficient (Wildman–Crippen LogP) is 0.583. The minimum Gasteiger partial charge on any atom is -0.480 e. The van der Waals surface area contributed by atoms with E-state index in [0.29, 0.717) is 0 Å². The van der Waals surface area contributed by atoms with E-state index in [4.69, 9.17) is 5.11 Å². The number of nitrogens with zero attached hydrogens (tertiary/aromatic N) is 5. The van der Waals surface area contributed by atoms with Gasteiger partial charge in [-0.3, -0.25) is 4.79 Å². The van der Waals surface area contributed by atoms with Gasteiger partial charge in [0.25, 0.3) is 6.43 Å². The lowest BCUT2D eigenvalue weighted by molar-refractivity contribution is -0.135. The number of carboxylic acids is 1. The molecule has 2 aromatic rings.